The van der Waals surface area contributed by atoms with E-state index in [0.717, 1.165) is 15.9 Å². The van der Waals surface area contributed by atoms with Gasteiger partial charge in [-0.25, -0.2) is 4.98 Å². The zero-order valence-electron chi connectivity index (χ0n) is 13.4. The van der Waals surface area contributed by atoms with E-state index in [0.29, 0.717) is 30.0 Å². The van der Waals surface area contributed by atoms with Gasteiger partial charge in [0.25, 0.3) is 0 Å². The van der Waals surface area contributed by atoms with E-state index in [1.807, 2.05) is 24.3 Å². The molecule has 0 aromatic carbocycles. The third-order valence-electron chi connectivity index (χ3n) is 3.36. The van der Waals surface area contributed by atoms with E-state index >= 15 is 0 Å². The lowest BCUT2D eigenvalue weighted by molar-refractivity contribution is 0.811. The molecule has 124 valence electrons. The van der Waals surface area contributed by atoms with Crippen molar-refractivity contribution in [2.45, 2.75) is 26.3 Å². The second-order valence-electron chi connectivity index (χ2n) is 5.55. The minimum absolute atomic E-state index is 0.387. The molecule has 3 rings (SSSR count). The van der Waals surface area contributed by atoms with Crippen LogP contribution >= 0.6 is 15.9 Å². The Morgan fingerprint density at radius 2 is 2.12 bits per heavy atom. The van der Waals surface area contributed by atoms with Crippen molar-refractivity contribution >= 4 is 33.5 Å². The zero-order chi connectivity index (χ0) is 16.9. The first kappa shape index (κ1) is 16.4. The smallest absolute Gasteiger partial charge is 0.225 e. The lowest BCUT2D eigenvalue weighted by Crippen LogP contribution is -2.06. The van der Waals surface area contributed by atoms with Gasteiger partial charge in [0.2, 0.25) is 5.95 Å². The summed E-state index contributed by atoms with van der Waals surface area (Å²) in [6.07, 6.45) is 3.46. The van der Waals surface area contributed by atoms with Gasteiger partial charge in [0.05, 0.1) is 16.7 Å². The van der Waals surface area contributed by atoms with Gasteiger partial charge in [-0.2, -0.15) is 10.1 Å². The number of hydrogen-bond donors (Lipinski definition) is 3. The molecule has 0 atom stereocenters. The quantitative estimate of drug-likeness (QED) is 0.595. The molecule has 0 saturated heterocycles. The number of halogens is 1. The molecule has 24 heavy (non-hydrogen) atoms. The highest BCUT2D eigenvalue weighted by Crippen LogP contribution is 2.24. The Morgan fingerprint density at radius 3 is 2.83 bits per heavy atom. The first-order valence-electron chi connectivity index (χ1n) is 7.60. The topological polar surface area (TPSA) is 91.4 Å². The van der Waals surface area contributed by atoms with Crippen LogP contribution in [0.5, 0.6) is 0 Å². The van der Waals surface area contributed by atoms with E-state index in [1.54, 1.807) is 12.4 Å². The second-order valence-corrected chi connectivity index (χ2v) is 6.41. The number of anilines is 3. The van der Waals surface area contributed by atoms with Crippen LogP contribution in [-0.4, -0.2) is 25.1 Å². The van der Waals surface area contributed by atoms with Gasteiger partial charge >= 0.3 is 0 Å². The summed E-state index contributed by atoms with van der Waals surface area (Å²) < 4.78 is 0.764. The highest BCUT2D eigenvalue weighted by atomic mass is 79.9. The Morgan fingerprint density at radius 1 is 1.25 bits per heavy atom. The maximum Gasteiger partial charge on any atom is 0.225 e. The summed E-state index contributed by atoms with van der Waals surface area (Å²) in [5.41, 5.74) is 1.99. The number of nitrogens with one attached hydrogen (secondary N) is 3. The summed E-state index contributed by atoms with van der Waals surface area (Å²) in [4.78, 5) is 13.0. The molecule has 0 amide bonds. The van der Waals surface area contributed by atoms with Crippen molar-refractivity contribution < 1.29 is 0 Å². The number of hydrogen-bond acceptors (Lipinski definition) is 6. The van der Waals surface area contributed by atoms with Gasteiger partial charge in [-0.3, -0.25) is 10.1 Å². The molecule has 8 heteroatoms. The minimum Gasteiger partial charge on any atom is -0.349 e. The van der Waals surface area contributed by atoms with E-state index in [9.17, 15) is 0 Å². The zero-order valence-corrected chi connectivity index (χ0v) is 15.0. The van der Waals surface area contributed by atoms with Crippen molar-refractivity contribution in [3.05, 3.63) is 52.5 Å². The average Bonchev–Trinajstić information content (AvgIpc) is 3.05. The van der Waals surface area contributed by atoms with E-state index < -0.39 is 0 Å². The fourth-order valence-electron chi connectivity index (χ4n) is 2.03. The first-order chi connectivity index (χ1) is 11.6. The molecule has 3 heterocycles. The van der Waals surface area contributed by atoms with Crippen LogP contribution in [0.3, 0.4) is 0 Å². The lowest BCUT2D eigenvalue weighted by atomic mass is 10.1. The van der Waals surface area contributed by atoms with Crippen LogP contribution in [0.2, 0.25) is 0 Å². The number of aromatic amines is 1. The number of H-pyrrole nitrogens is 1. The third kappa shape index (κ3) is 4.08. The predicted octanol–water partition coefficient (Wildman–Crippen LogP) is 3.84. The normalized spacial score (nSPS) is 10.8. The second kappa shape index (κ2) is 7.39. The van der Waals surface area contributed by atoms with Crippen LogP contribution in [0.15, 0.2) is 41.1 Å². The van der Waals surface area contributed by atoms with Crippen LogP contribution < -0.4 is 10.6 Å². The first-order valence-corrected chi connectivity index (χ1v) is 8.40. The molecule has 3 aromatic heterocycles. The standard InChI is InChI=1S/C16H18BrN7/c1-10(2)13-7-14(24-23-13)21-15-12(17)9-20-16(22-15)19-8-11-5-3-4-6-18-11/h3-7,9-10H,8H2,1-2H3,(H3,19,20,21,22,23,24). The van der Waals surface area contributed by atoms with Crippen LogP contribution in [-0.2, 0) is 6.54 Å². The molecule has 0 radical (unpaired) electrons. The maximum atomic E-state index is 4.47. The fraction of sp³-hybridized carbons (Fsp3) is 0.250. The fourth-order valence-corrected chi connectivity index (χ4v) is 2.32. The van der Waals surface area contributed by atoms with Crippen LogP contribution in [0, 0.1) is 0 Å². The Labute approximate surface area is 148 Å². The highest BCUT2D eigenvalue weighted by Gasteiger charge is 2.09. The van der Waals surface area contributed by atoms with Gasteiger partial charge in [0.1, 0.15) is 0 Å². The van der Waals surface area contributed by atoms with Gasteiger partial charge in [-0.1, -0.05) is 19.9 Å². The summed E-state index contributed by atoms with van der Waals surface area (Å²) in [5.74, 6) is 2.27. The van der Waals surface area contributed by atoms with E-state index in [4.69, 9.17) is 0 Å². The van der Waals surface area contributed by atoms with E-state index in [1.165, 1.54) is 0 Å². The SMILES string of the molecule is CC(C)c1cc(Nc2nc(NCc3ccccn3)ncc2Br)n[nH]1. The molecule has 3 N–H and O–H groups in total. The molecular weight excluding hydrogens is 370 g/mol. The Hall–Kier alpha value is -2.48. The molecule has 0 saturated carbocycles. The third-order valence-corrected chi connectivity index (χ3v) is 3.94. The molecule has 0 spiro atoms. The molecule has 0 unspecified atom stereocenters. The molecule has 0 fully saturated rings. The molecule has 3 aromatic rings. The Kier molecular flexibility index (Phi) is 5.05. The van der Waals surface area contributed by atoms with Crippen LogP contribution in [0.4, 0.5) is 17.6 Å². The number of aromatic nitrogens is 5. The van der Waals surface area contributed by atoms with Crippen molar-refractivity contribution in [3.8, 4) is 0 Å². The van der Waals surface area contributed by atoms with E-state index in [2.05, 4.69) is 65.6 Å². The largest absolute Gasteiger partial charge is 0.349 e. The molecule has 0 aliphatic heterocycles. The monoisotopic (exact) mass is 387 g/mol. The Bertz CT molecular complexity index is 801. The van der Waals surface area contributed by atoms with Crippen molar-refractivity contribution in [2.24, 2.45) is 0 Å². The Balaban J connectivity index is 1.71. The van der Waals surface area contributed by atoms with Gasteiger partial charge in [0, 0.05) is 24.2 Å². The number of nitrogens with zero attached hydrogens (tertiary/aromatic N) is 4. The van der Waals surface area contributed by atoms with Gasteiger partial charge in [-0.15, -0.1) is 0 Å². The van der Waals surface area contributed by atoms with Crippen molar-refractivity contribution in [1.82, 2.24) is 25.1 Å². The van der Waals surface area contributed by atoms with Crippen molar-refractivity contribution in [3.63, 3.8) is 0 Å². The van der Waals surface area contributed by atoms with Crippen molar-refractivity contribution in [1.29, 1.82) is 0 Å². The summed E-state index contributed by atoms with van der Waals surface area (Å²) in [6.45, 7) is 4.77. The van der Waals surface area contributed by atoms with Crippen LogP contribution in [0.25, 0.3) is 0 Å². The van der Waals surface area contributed by atoms with Crippen molar-refractivity contribution in [2.75, 3.05) is 10.6 Å². The number of pyridine rings is 1. The average molecular weight is 388 g/mol. The van der Waals surface area contributed by atoms with Gasteiger partial charge in [-0.05, 0) is 34.0 Å². The van der Waals surface area contributed by atoms with Gasteiger partial charge in [0.15, 0.2) is 11.6 Å². The maximum absolute atomic E-state index is 4.47. The molecule has 0 bridgehead atoms. The number of rotatable bonds is 6. The van der Waals surface area contributed by atoms with E-state index in [-0.39, 0.29) is 0 Å². The summed E-state index contributed by atoms with van der Waals surface area (Å²) in [6, 6.07) is 7.75. The molecule has 7 nitrogen and oxygen atoms in total. The minimum atomic E-state index is 0.387. The summed E-state index contributed by atoms with van der Waals surface area (Å²) >= 11 is 3.45. The predicted molar refractivity (Wildman–Crippen MR) is 97.3 cm³/mol. The molecule has 0 aliphatic carbocycles. The molecular formula is C16H18BrN7. The summed E-state index contributed by atoms with van der Waals surface area (Å²) in [7, 11) is 0. The molecule has 0 aliphatic rings. The lowest BCUT2D eigenvalue weighted by Gasteiger charge is -2.08. The summed E-state index contributed by atoms with van der Waals surface area (Å²) in [5, 5.41) is 13.6. The van der Waals surface area contributed by atoms with Gasteiger partial charge < -0.3 is 10.6 Å². The van der Waals surface area contributed by atoms with Crippen LogP contribution in [0.1, 0.15) is 31.2 Å². The highest BCUT2D eigenvalue weighted by molar-refractivity contribution is 9.10.